The number of hydrogen-bond acceptors (Lipinski definition) is 4. The van der Waals surface area contributed by atoms with Crippen LogP contribution in [0.1, 0.15) is 54.6 Å². The highest BCUT2D eigenvalue weighted by molar-refractivity contribution is 14.0. The molecule has 1 aliphatic heterocycles. The number of rotatable bonds is 6. The Morgan fingerprint density at radius 2 is 2.08 bits per heavy atom. The lowest BCUT2D eigenvalue weighted by Crippen LogP contribution is -2.45. The van der Waals surface area contributed by atoms with E-state index in [9.17, 15) is 0 Å². The quantitative estimate of drug-likeness (QED) is 0.364. The van der Waals surface area contributed by atoms with Crippen molar-refractivity contribution in [3.8, 4) is 0 Å². The molecule has 1 aliphatic carbocycles. The van der Waals surface area contributed by atoms with Crippen LogP contribution in [0.2, 0.25) is 0 Å². The Labute approximate surface area is 179 Å². The molecule has 1 saturated carbocycles. The Kier molecular flexibility index (Phi) is 9.09. The summed E-state index contributed by atoms with van der Waals surface area (Å²) in [7, 11) is 1.86. The van der Waals surface area contributed by atoms with Gasteiger partial charge >= 0.3 is 0 Å². The molecule has 0 aromatic carbocycles. The van der Waals surface area contributed by atoms with Crippen molar-refractivity contribution in [1.82, 2.24) is 20.5 Å². The zero-order valence-corrected chi connectivity index (χ0v) is 19.5. The molecular formula is C19H34IN5S. The fourth-order valence-corrected chi connectivity index (χ4v) is 5.13. The van der Waals surface area contributed by atoms with Crippen LogP contribution in [-0.2, 0) is 12.8 Å². The largest absolute Gasteiger partial charge is 0.356 e. The van der Waals surface area contributed by atoms with Gasteiger partial charge in [0.15, 0.2) is 5.96 Å². The molecule has 2 heterocycles. The van der Waals surface area contributed by atoms with Crippen LogP contribution >= 0.6 is 35.3 Å². The van der Waals surface area contributed by atoms with Gasteiger partial charge in [-0.2, -0.15) is 0 Å². The zero-order chi connectivity index (χ0) is 17.6. The molecule has 0 bridgehead atoms. The second-order valence-electron chi connectivity index (χ2n) is 7.28. The molecule has 0 amide bonds. The molecule has 7 heteroatoms. The Morgan fingerprint density at radius 3 is 2.73 bits per heavy atom. The minimum Gasteiger partial charge on any atom is -0.356 e. The van der Waals surface area contributed by atoms with E-state index in [0.29, 0.717) is 6.04 Å². The lowest BCUT2D eigenvalue weighted by Gasteiger charge is -2.24. The highest BCUT2D eigenvalue weighted by Gasteiger charge is 2.30. The lowest BCUT2D eigenvalue weighted by atomic mass is 10.2. The highest BCUT2D eigenvalue weighted by Crippen LogP contribution is 2.26. The molecule has 2 fully saturated rings. The van der Waals surface area contributed by atoms with Crippen molar-refractivity contribution >= 4 is 41.3 Å². The van der Waals surface area contributed by atoms with E-state index in [0.717, 1.165) is 37.9 Å². The standard InChI is InChI=1S/C19H33N5S.HI/c1-4-17-14(2)25-18(23-17)9-11-21-19(20-3)22-15-10-12-24(13-15)16-7-5-6-8-16;/h15-16H,4-13H2,1-3H3,(H2,20,21,22);1H. The van der Waals surface area contributed by atoms with Gasteiger partial charge in [-0.25, -0.2) is 4.98 Å². The maximum Gasteiger partial charge on any atom is 0.191 e. The molecule has 26 heavy (non-hydrogen) atoms. The van der Waals surface area contributed by atoms with E-state index >= 15 is 0 Å². The minimum absolute atomic E-state index is 0. The van der Waals surface area contributed by atoms with Gasteiger partial charge in [-0.05, 0) is 32.6 Å². The summed E-state index contributed by atoms with van der Waals surface area (Å²) in [6.45, 7) is 7.62. The van der Waals surface area contributed by atoms with E-state index in [1.807, 2.05) is 18.4 Å². The maximum absolute atomic E-state index is 4.72. The van der Waals surface area contributed by atoms with Crippen molar-refractivity contribution < 1.29 is 0 Å². The first-order valence-corrected chi connectivity index (χ1v) is 10.7. The van der Waals surface area contributed by atoms with Gasteiger partial charge in [-0.3, -0.25) is 9.89 Å². The van der Waals surface area contributed by atoms with Crippen molar-refractivity contribution in [1.29, 1.82) is 0 Å². The molecule has 3 rings (SSSR count). The second kappa shape index (κ2) is 10.8. The van der Waals surface area contributed by atoms with Gasteiger partial charge in [0.25, 0.3) is 0 Å². The number of nitrogens with one attached hydrogen (secondary N) is 2. The monoisotopic (exact) mass is 491 g/mol. The number of thiazole rings is 1. The number of guanidine groups is 1. The van der Waals surface area contributed by atoms with Crippen LogP contribution in [0.25, 0.3) is 0 Å². The smallest absolute Gasteiger partial charge is 0.191 e. The van der Waals surface area contributed by atoms with Gasteiger partial charge in [0.1, 0.15) is 0 Å². The third kappa shape index (κ3) is 5.79. The van der Waals surface area contributed by atoms with Crippen LogP contribution in [-0.4, -0.2) is 54.6 Å². The van der Waals surface area contributed by atoms with Crippen molar-refractivity contribution in [2.45, 2.75) is 70.9 Å². The van der Waals surface area contributed by atoms with Crippen LogP contribution in [0.3, 0.4) is 0 Å². The van der Waals surface area contributed by atoms with E-state index in [1.165, 1.54) is 54.2 Å². The summed E-state index contributed by atoms with van der Waals surface area (Å²) in [4.78, 5) is 13.2. The predicted molar refractivity (Wildman–Crippen MR) is 122 cm³/mol. The topological polar surface area (TPSA) is 52.6 Å². The third-order valence-electron chi connectivity index (χ3n) is 5.53. The Morgan fingerprint density at radius 1 is 1.31 bits per heavy atom. The molecule has 2 N–H and O–H groups in total. The second-order valence-corrected chi connectivity index (χ2v) is 8.56. The van der Waals surface area contributed by atoms with Crippen LogP contribution in [0.5, 0.6) is 0 Å². The predicted octanol–water partition coefficient (Wildman–Crippen LogP) is 3.36. The molecule has 148 valence electrons. The van der Waals surface area contributed by atoms with E-state index in [1.54, 1.807) is 0 Å². The summed E-state index contributed by atoms with van der Waals surface area (Å²) in [6, 6.07) is 1.36. The van der Waals surface area contributed by atoms with Crippen molar-refractivity contribution in [3.05, 3.63) is 15.6 Å². The SMILES string of the molecule is CCc1nc(CCNC(=NC)NC2CCN(C3CCCC3)C2)sc1C.I. The molecule has 1 atom stereocenters. The van der Waals surface area contributed by atoms with Gasteiger partial charge < -0.3 is 10.6 Å². The molecule has 1 unspecified atom stereocenters. The number of nitrogens with zero attached hydrogens (tertiary/aromatic N) is 3. The average molecular weight is 491 g/mol. The summed E-state index contributed by atoms with van der Waals surface area (Å²) >= 11 is 1.83. The van der Waals surface area contributed by atoms with Gasteiger partial charge in [0.05, 0.1) is 10.7 Å². The first kappa shape index (κ1) is 21.9. The maximum atomic E-state index is 4.72. The highest BCUT2D eigenvalue weighted by atomic mass is 127. The minimum atomic E-state index is 0. The number of likely N-dealkylation sites (tertiary alicyclic amines) is 1. The lowest BCUT2D eigenvalue weighted by molar-refractivity contribution is 0.242. The number of halogens is 1. The summed E-state index contributed by atoms with van der Waals surface area (Å²) in [6.07, 6.45) is 8.84. The number of hydrogen-bond donors (Lipinski definition) is 2. The normalized spacial score (nSPS) is 21.8. The van der Waals surface area contributed by atoms with Gasteiger partial charge in [-0.15, -0.1) is 35.3 Å². The van der Waals surface area contributed by atoms with Crippen LogP contribution in [0.15, 0.2) is 4.99 Å². The molecule has 0 spiro atoms. The Balaban J connectivity index is 0.00000243. The number of aliphatic imine (C=N–C) groups is 1. The van der Waals surface area contributed by atoms with Gasteiger partial charge in [0, 0.05) is 50.1 Å². The molecule has 0 radical (unpaired) electrons. The van der Waals surface area contributed by atoms with E-state index < -0.39 is 0 Å². The molecular weight excluding hydrogens is 457 g/mol. The average Bonchev–Trinajstić information content (AvgIpc) is 3.34. The van der Waals surface area contributed by atoms with E-state index in [4.69, 9.17) is 4.98 Å². The van der Waals surface area contributed by atoms with Crippen molar-refractivity contribution in [2.75, 3.05) is 26.7 Å². The number of aryl methyl sites for hydroxylation is 2. The van der Waals surface area contributed by atoms with E-state index in [-0.39, 0.29) is 24.0 Å². The molecule has 5 nitrogen and oxygen atoms in total. The van der Waals surface area contributed by atoms with Crippen molar-refractivity contribution in [3.63, 3.8) is 0 Å². The van der Waals surface area contributed by atoms with Crippen LogP contribution in [0.4, 0.5) is 0 Å². The number of aromatic nitrogens is 1. The Bertz CT molecular complexity index is 582. The summed E-state index contributed by atoms with van der Waals surface area (Å²) < 4.78 is 0. The van der Waals surface area contributed by atoms with Gasteiger partial charge in [0.2, 0.25) is 0 Å². The van der Waals surface area contributed by atoms with Crippen LogP contribution in [0, 0.1) is 6.92 Å². The summed E-state index contributed by atoms with van der Waals surface area (Å²) in [5.74, 6) is 0.933. The molecule has 1 aromatic rings. The fraction of sp³-hybridized carbons (Fsp3) is 0.789. The van der Waals surface area contributed by atoms with Crippen molar-refractivity contribution in [2.24, 2.45) is 4.99 Å². The summed E-state index contributed by atoms with van der Waals surface area (Å²) in [5.41, 5.74) is 1.25. The van der Waals surface area contributed by atoms with Gasteiger partial charge in [-0.1, -0.05) is 19.8 Å². The molecule has 2 aliphatic rings. The third-order valence-corrected chi connectivity index (χ3v) is 6.60. The molecule has 1 saturated heterocycles. The van der Waals surface area contributed by atoms with E-state index in [2.05, 4.69) is 34.4 Å². The molecule has 1 aromatic heterocycles. The Hall–Kier alpha value is -0.410. The summed E-state index contributed by atoms with van der Waals surface area (Å²) in [5, 5.41) is 8.30. The first-order valence-electron chi connectivity index (χ1n) is 9.86. The zero-order valence-electron chi connectivity index (χ0n) is 16.4. The van der Waals surface area contributed by atoms with Crippen LogP contribution < -0.4 is 10.6 Å². The first-order chi connectivity index (χ1) is 12.2. The fourth-order valence-electron chi connectivity index (χ4n) is 4.10.